The molecule has 0 aliphatic carbocycles. The minimum absolute atomic E-state index is 0.109. The second-order valence-corrected chi connectivity index (χ2v) is 8.23. The van der Waals surface area contributed by atoms with E-state index >= 15 is 0 Å². The van der Waals surface area contributed by atoms with E-state index in [1.807, 2.05) is 48.7 Å². The number of hydrogen-bond acceptors (Lipinski definition) is 6. The average molecular weight is 451 g/mol. The van der Waals surface area contributed by atoms with Gasteiger partial charge in [-0.3, -0.25) is 9.78 Å². The summed E-state index contributed by atoms with van der Waals surface area (Å²) in [6.07, 6.45) is 4.25. The van der Waals surface area contributed by atoms with Crippen molar-refractivity contribution in [2.75, 3.05) is 5.32 Å². The third-order valence-corrected chi connectivity index (χ3v) is 5.74. The molecule has 0 aliphatic heterocycles. The number of carbonyl (C=O) groups excluding carboxylic acids is 1. The van der Waals surface area contributed by atoms with E-state index in [4.69, 9.17) is 16.1 Å². The van der Waals surface area contributed by atoms with E-state index in [1.165, 1.54) is 5.56 Å². The standard InChI is InChI=1S/C23H19ClN4O2S/c24-18-5-3-17(4-6-18)23-27-22(30-28-23)12-11-21(29)26-19-7-9-20(10-8-19)31-15-16-2-1-13-25-14-16/h1-10,13-14H,11-12,15H2,(H,26,29). The third kappa shape index (κ3) is 6.16. The number of nitrogens with one attached hydrogen (secondary N) is 1. The van der Waals surface area contributed by atoms with Crippen molar-refractivity contribution in [1.82, 2.24) is 15.1 Å². The number of carbonyl (C=O) groups is 1. The molecule has 0 saturated carbocycles. The van der Waals surface area contributed by atoms with E-state index < -0.39 is 0 Å². The van der Waals surface area contributed by atoms with Crippen molar-refractivity contribution in [3.05, 3.63) is 89.5 Å². The van der Waals surface area contributed by atoms with Crippen LogP contribution in [0.5, 0.6) is 0 Å². The first kappa shape index (κ1) is 21.1. The highest BCUT2D eigenvalue weighted by Crippen LogP contribution is 2.24. The van der Waals surface area contributed by atoms with Crippen molar-refractivity contribution in [3.63, 3.8) is 0 Å². The summed E-state index contributed by atoms with van der Waals surface area (Å²) < 4.78 is 5.25. The Bertz CT molecular complexity index is 1130. The molecule has 0 fully saturated rings. The highest BCUT2D eigenvalue weighted by molar-refractivity contribution is 7.98. The molecule has 4 aromatic rings. The predicted molar refractivity (Wildman–Crippen MR) is 122 cm³/mol. The van der Waals surface area contributed by atoms with Crippen LogP contribution in [0.3, 0.4) is 0 Å². The van der Waals surface area contributed by atoms with E-state index in [0.717, 1.165) is 21.9 Å². The Morgan fingerprint density at radius 3 is 2.61 bits per heavy atom. The highest BCUT2D eigenvalue weighted by atomic mass is 35.5. The third-order valence-electron chi connectivity index (χ3n) is 4.40. The van der Waals surface area contributed by atoms with Crippen molar-refractivity contribution in [3.8, 4) is 11.4 Å². The number of thioether (sulfide) groups is 1. The fourth-order valence-corrected chi connectivity index (χ4v) is 3.76. The number of benzene rings is 2. The first-order chi connectivity index (χ1) is 15.2. The Hall–Kier alpha value is -3.16. The number of aryl methyl sites for hydroxylation is 1. The zero-order valence-electron chi connectivity index (χ0n) is 16.5. The molecule has 2 aromatic heterocycles. The van der Waals surface area contributed by atoms with Crippen LogP contribution in [-0.2, 0) is 17.0 Å². The van der Waals surface area contributed by atoms with Crippen LogP contribution < -0.4 is 5.32 Å². The molecule has 156 valence electrons. The van der Waals surface area contributed by atoms with Gasteiger partial charge in [0, 0.05) is 52.2 Å². The lowest BCUT2D eigenvalue weighted by molar-refractivity contribution is -0.116. The lowest BCUT2D eigenvalue weighted by Crippen LogP contribution is -2.12. The van der Waals surface area contributed by atoms with Gasteiger partial charge < -0.3 is 9.84 Å². The van der Waals surface area contributed by atoms with Crippen molar-refractivity contribution < 1.29 is 9.32 Å². The van der Waals surface area contributed by atoms with E-state index in [-0.39, 0.29) is 12.3 Å². The predicted octanol–water partition coefficient (Wildman–Crippen LogP) is 5.65. The Labute approximate surface area is 189 Å². The summed E-state index contributed by atoms with van der Waals surface area (Å²) >= 11 is 7.62. The summed E-state index contributed by atoms with van der Waals surface area (Å²) in [5.41, 5.74) is 2.73. The maximum absolute atomic E-state index is 12.3. The minimum atomic E-state index is -0.109. The molecule has 6 nitrogen and oxygen atoms in total. The van der Waals surface area contributed by atoms with Gasteiger partial charge in [0.05, 0.1) is 0 Å². The molecule has 2 heterocycles. The zero-order valence-corrected chi connectivity index (χ0v) is 18.1. The van der Waals surface area contributed by atoms with Gasteiger partial charge in [-0.15, -0.1) is 11.8 Å². The molecule has 2 aromatic carbocycles. The number of pyridine rings is 1. The van der Waals surface area contributed by atoms with Crippen molar-refractivity contribution in [2.45, 2.75) is 23.5 Å². The number of rotatable bonds is 8. The lowest BCUT2D eigenvalue weighted by atomic mass is 10.2. The van der Waals surface area contributed by atoms with Gasteiger partial charge in [-0.1, -0.05) is 22.8 Å². The number of halogens is 1. The molecule has 0 saturated heterocycles. The molecule has 8 heteroatoms. The molecule has 0 atom stereocenters. The molecule has 0 spiro atoms. The first-order valence-corrected chi connectivity index (χ1v) is 11.0. The monoisotopic (exact) mass is 450 g/mol. The first-order valence-electron chi connectivity index (χ1n) is 9.66. The fourth-order valence-electron chi connectivity index (χ4n) is 2.80. The normalized spacial score (nSPS) is 10.7. The second kappa shape index (κ2) is 10.2. The van der Waals surface area contributed by atoms with Crippen LogP contribution in [0.2, 0.25) is 5.02 Å². The van der Waals surface area contributed by atoms with Gasteiger partial charge in [-0.25, -0.2) is 0 Å². The maximum Gasteiger partial charge on any atom is 0.227 e. The van der Waals surface area contributed by atoms with E-state index in [9.17, 15) is 4.79 Å². The number of aromatic nitrogens is 3. The van der Waals surface area contributed by atoms with Crippen LogP contribution in [0, 0.1) is 0 Å². The summed E-state index contributed by atoms with van der Waals surface area (Å²) in [5, 5.41) is 7.50. The Kier molecular flexibility index (Phi) is 6.96. The maximum atomic E-state index is 12.3. The Balaban J connectivity index is 1.25. The minimum Gasteiger partial charge on any atom is -0.339 e. The highest BCUT2D eigenvalue weighted by Gasteiger charge is 2.11. The fraction of sp³-hybridized carbons (Fsp3) is 0.130. The average Bonchev–Trinajstić information content (AvgIpc) is 3.28. The summed E-state index contributed by atoms with van der Waals surface area (Å²) in [7, 11) is 0. The van der Waals surface area contributed by atoms with E-state index in [1.54, 1.807) is 30.1 Å². The van der Waals surface area contributed by atoms with Gasteiger partial charge in [-0.2, -0.15) is 4.98 Å². The molecule has 0 bridgehead atoms. The van der Waals surface area contributed by atoms with Crippen LogP contribution in [-0.4, -0.2) is 21.0 Å². The Morgan fingerprint density at radius 1 is 1.06 bits per heavy atom. The van der Waals surface area contributed by atoms with Crippen LogP contribution in [0.4, 0.5) is 5.69 Å². The molecule has 1 amide bonds. The number of hydrogen-bond donors (Lipinski definition) is 1. The van der Waals surface area contributed by atoms with E-state index in [2.05, 4.69) is 26.5 Å². The van der Waals surface area contributed by atoms with Crippen molar-refractivity contribution in [2.24, 2.45) is 0 Å². The zero-order chi connectivity index (χ0) is 21.5. The summed E-state index contributed by atoms with van der Waals surface area (Å²) in [5.74, 6) is 1.64. The van der Waals surface area contributed by atoms with Crippen molar-refractivity contribution in [1.29, 1.82) is 0 Å². The quantitative estimate of drug-likeness (QED) is 0.349. The summed E-state index contributed by atoms with van der Waals surface area (Å²) in [6.45, 7) is 0. The van der Waals surface area contributed by atoms with Crippen LogP contribution in [0.1, 0.15) is 17.9 Å². The van der Waals surface area contributed by atoms with Gasteiger partial charge in [0.2, 0.25) is 17.6 Å². The van der Waals surface area contributed by atoms with Gasteiger partial charge in [0.15, 0.2) is 0 Å². The van der Waals surface area contributed by atoms with Gasteiger partial charge in [0.1, 0.15) is 0 Å². The summed E-state index contributed by atoms with van der Waals surface area (Å²) in [6, 6.07) is 18.9. The molecule has 0 radical (unpaired) electrons. The molecular weight excluding hydrogens is 432 g/mol. The molecule has 1 N–H and O–H groups in total. The SMILES string of the molecule is O=C(CCc1nc(-c2ccc(Cl)cc2)no1)Nc1ccc(SCc2cccnc2)cc1. The lowest BCUT2D eigenvalue weighted by Gasteiger charge is -2.06. The molecule has 31 heavy (non-hydrogen) atoms. The van der Waals surface area contributed by atoms with Crippen LogP contribution in [0.25, 0.3) is 11.4 Å². The molecule has 0 unspecified atom stereocenters. The number of anilines is 1. The van der Waals surface area contributed by atoms with Crippen LogP contribution in [0.15, 0.2) is 82.5 Å². The topological polar surface area (TPSA) is 80.9 Å². The number of nitrogens with zero attached hydrogens (tertiary/aromatic N) is 3. The largest absolute Gasteiger partial charge is 0.339 e. The van der Waals surface area contributed by atoms with Crippen LogP contribution >= 0.6 is 23.4 Å². The smallest absolute Gasteiger partial charge is 0.227 e. The number of amides is 1. The molecule has 4 rings (SSSR count). The van der Waals surface area contributed by atoms with Crippen molar-refractivity contribution >= 4 is 35.0 Å². The van der Waals surface area contributed by atoms with Gasteiger partial charge >= 0.3 is 0 Å². The van der Waals surface area contributed by atoms with Gasteiger partial charge in [-0.05, 0) is 60.2 Å². The molecule has 0 aliphatic rings. The van der Waals surface area contributed by atoms with E-state index in [0.29, 0.717) is 23.2 Å². The second-order valence-electron chi connectivity index (χ2n) is 6.74. The van der Waals surface area contributed by atoms with Gasteiger partial charge in [0.25, 0.3) is 0 Å². The Morgan fingerprint density at radius 2 is 1.87 bits per heavy atom. The summed E-state index contributed by atoms with van der Waals surface area (Å²) in [4.78, 5) is 21.9. The molecular formula is C23H19ClN4O2S.